The first-order valence-electron chi connectivity index (χ1n) is 9.57. The summed E-state index contributed by atoms with van der Waals surface area (Å²) in [5.74, 6) is -1.65. The lowest BCUT2D eigenvalue weighted by molar-refractivity contribution is -0.153. The van der Waals surface area contributed by atoms with Crippen molar-refractivity contribution in [1.29, 1.82) is 0 Å². The van der Waals surface area contributed by atoms with E-state index in [9.17, 15) is 22.8 Å². The van der Waals surface area contributed by atoms with Crippen LogP contribution in [0.1, 0.15) is 44.0 Å². The molecular weight excluding hydrogens is 398 g/mol. The van der Waals surface area contributed by atoms with Gasteiger partial charge in [0.2, 0.25) is 10.0 Å². The molecule has 1 aliphatic carbocycles. The molecule has 0 spiro atoms. The third-order valence-corrected chi connectivity index (χ3v) is 6.52. The molecule has 1 unspecified atom stereocenters. The van der Waals surface area contributed by atoms with E-state index in [1.807, 2.05) is 0 Å². The number of nitrogens with one attached hydrogen (secondary N) is 2. The van der Waals surface area contributed by atoms with Crippen LogP contribution in [-0.2, 0) is 24.3 Å². The lowest BCUT2D eigenvalue weighted by Crippen LogP contribution is -2.39. The Morgan fingerprint density at radius 3 is 2.24 bits per heavy atom. The fraction of sp³-hybridized carbons (Fsp3) is 0.526. The maximum atomic E-state index is 12.5. The summed E-state index contributed by atoms with van der Waals surface area (Å²) in [7, 11) is -3.61. The summed E-state index contributed by atoms with van der Waals surface area (Å²) in [6.45, 7) is 5.25. The van der Waals surface area contributed by atoms with Crippen LogP contribution in [0.25, 0.3) is 0 Å². The number of hydrogen-bond donors (Lipinski definition) is 2. The van der Waals surface area contributed by atoms with Gasteiger partial charge in [-0.3, -0.25) is 14.4 Å². The zero-order valence-corrected chi connectivity index (χ0v) is 17.6. The van der Waals surface area contributed by atoms with Crippen LogP contribution in [0, 0.1) is 0 Å². The van der Waals surface area contributed by atoms with Crippen molar-refractivity contribution in [2.75, 3.05) is 19.6 Å². The minimum absolute atomic E-state index is 0.0904. The Balaban J connectivity index is 1.87. The number of esters is 1. The number of ether oxygens (including phenoxy) is 1. The highest BCUT2D eigenvalue weighted by Crippen LogP contribution is 2.19. The highest BCUT2D eigenvalue weighted by atomic mass is 32.2. The predicted octanol–water partition coefficient (Wildman–Crippen LogP) is 0.657. The number of carbonyl (C=O) groups excluding carboxylic acids is 3. The van der Waals surface area contributed by atoms with Crippen molar-refractivity contribution >= 4 is 27.8 Å². The molecular formula is C19H27N3O6S. The lowest BCUT2D eigenvalue weighted by atomic mass is 10.2. The average Bonchev–Trinajstić information content (AvgIpc) is 3.50. The molecule has 10 heteroatoms. The molecule has 2 amide bonds. The maximum absolute atomic E-state index is 12.5. The van der Waals surface area contributed by atoms with Crippen molar-refractivity contribution in [2.24, 2.45) is 0 Å². The van der Waals surface area contributed by atoms with Crippen LogP contribution in [0.15, 0.2) is 29.2 Å². The lowest BCUT2D eigenvalue weighted by Gasteiger charge is -2.18. The molecule has 0 radical (unpaired) electrons. The summed E-state index contributed by atoms with van der Waals surface area (Å²) in [6.07, 6.45) is 0.916. The highest BCUT2D eigenvalue weighted by molar-refractivity contribution is 7.89. The molecule has 1 saturated carbocycles. The van der Waals surface area contributed by atoms with Gasteiger partial charge in [-0.1, -0.05) is 13.8 Å². The van der Waals surface area contributed by atoms with Gasteiger partial charge in [-0.2, -0.15) is 4.31 Å². The maximum Gasteiger partial charge on any atom is 0.326 e. The molecule has 0 heterocycles. The Kier molecular flexibility index (Phi) is 7.74. The van der Waals surface area contributed by atoms with Gasteiger partial charge >= 0.3 is 5.97 Å². The standard InChI is InChI=1S/C19H27N3O6S/c1-4-22(5-2)29(26,27)16-10-6-14(7-11-16)19(25)20-12-17(23)28-13(3)18(24)21-15-8-9-15/h6-7,10-11,13,15H,4-5,8-9,12H2,1-3H3,(H,20,25)(H,21,24). The largest absolute Gasteiger partial charge is 0.451 e. The van der Waals surface area contributed by atoms with Gasteiger partial charge in [0.25, 0.3) is 11.8 Å². The molecule has 160 valence electrons. The van der Waals surface area contributed by atoms with Crippen LogP contribution in [0.4, 0.5) is 0 Å². The van der Waals surface area contributed by atoms with E-state index in [1.54, 1.807) is 13.8 Å². The van der Waals surface area contributed by atoms with E-state index in [2.05, 4.69) is 10.6 Å². The molecule has 0 bridgehead atoms. The van der Waals surface area contributed by atoms with Crippen molar-refractivity contribution in [3.05, 3.63) is 29.8 Å². The molecule has 1 aromatic rings. The number of rotatable bonds is 10. The first-order valence-corrected chi connectivity index (χ1v) is 11.0. The SMILES string of the molecule is CCN(CC)S(=O)(=O)c1ccc(C(=O)NCC(=O)OC(C)C(=O)NC2CC2)cc1. The van der Waals surface area contributed by atoms with Crippen LogP contribution in [0.2, 0.25) is 0 Å². The zero-order valence-electron chi connectivity index (χ0n) is 16.8. The highest BCUT2D eigenvalue weighted by Gasteiger charge is 2.27. The van der Waals surface area contributed by atoms with E-state index in [0.29, 0.717) is 13.1 Å². The van der Waals surface area contributed by atoms with Gasteiger partial charge in [0.1, 0.15) is 6.54 Å². The molecule has 2 N–H and O–H groups in total. The normalized spacial score (nSPS) is 14.9. The molecule has 1 aromatic carbocycles. The van der Waals surface area contributed by atoms with Gasteiger partial charge in [0.15, 0.2) is 6.10 Å². The van der Waals surface area contributed by atoms with Crippen molar-refractivity contribution in [3.63, 3.8) is 0 Å². The fourth-order valence-corrected chi connectivity index (χ4v) is 4.04. The van der Waals surface area contributed by atoms with Crippen LogP contribution < -0.4 is 10.6 Å². The van der Waals surface area contributed by atoms with Gasteiger partial charge in [-0.05, 0) is 44.0 Å². The first kappa shape index (κ1) is 22.8. The second kappa shape index (κ2) is 9.84. The molecule has 1 aliphatic rings. The van der Waals surface area contributed by atoms with E-state index in [1.165, 1.54) is 35.5 Å². The van der Waals surface area contributed by atoms with Crippen LogP contribution >= 0.6 is 0 Å². The summed E-state index contributed by atoms with van der Waals surface area (Å²) in [5, 5.41) is 5.12. The van der Waals surface area contributed by atoms with Gasteiger partial charge in [-0.15, -0.1) is 0 Å². The molecule has 0 aliphatic heterocycles. The second-order valence-corrected chi connectivity index (χ2v) is 8.65. The number of sulfonamides is 1. The molecule has 9 nitrogen and oxygen atoms in total. The Morgan fingerprint density at radius 2 is 1.72 bits per heavy atom. The van der Waals surface area contributed by atoms with Crippen molar-refractivity contribution in [1.82, 2.24) is 14.9 Å². The van der Waals surface area contributed by atoms with Crippen molar-refractivity contribution in [3.8, 4) is 0 Å². The third kappa shape index (κ3) is 6.26. The molecule has 0 aromatic heterocycles. The minimum atomic E-state index is -3.61. The Labute approximate surface area is 170 Å². The Bertz CT molecular complexity index is 845. The van der Waals surface area contributed by atoms with Crippen molar-refractivity contribution in [2.45, 2.75) is 50.7 Å². The van der Waals surface area contributed by atoms with Crippen LogP contribution in [0.3, 0.4) is 0 Å². The topological polar surface area (TPSA) is 122 Å². The molecule has 0 saturated heterocycles. The zero-order chi connectivity index (χ0) is 21.6. The molecule has 1 atom stereocenters. The monoisotopic (exact) mass is 425 g/mol. The smallest absolute Gasteiger partial charge is 0.326 e. The summed E-state index contributed by atoms with van der Waals surface area (Å²) in [5.41, 5.74) is 0.204. The van der Waals surface area contributed by atoms with E-state index < -0.39 is 34.5 Å². The summed E-state index contributed by atoms with van der Waals surface area (Å²) < 4.78 is 31.2. The second-order valence-electron chi connectivity index (χ2n) is 6.71. The van der Waals surface area contributed by atoms with Gasteiger partial charge in [0.05, 0.1) is 4.90 Å². The molecule has 29 heavy (non-hydrogen) atoms. The Morgan fingerprint density at radius 1 is 1.14 bits per heavy atom. The minimum Gasteiger partial charge on any atom is -0.451 e. The van der Waals surface area contributed by atoms with E-state index in [-0.39, 0.29) is 22.4 Å². The summed E-state index contributed by atoms with van der Waals surface area (Å²) in [6, 6.07) is 5.62. The Hall–Kier alpha value is -2.46. The molecule has 1 fully saturated rings. The van der Waals surface area contributed by atoms with Crippen LogP contribution in [0.5, 0.6) is 0 Å². The number of nitrogens with zero attached hydrogens (tertiary/aromatic N) is 1. The predicted molar refractivity (Wildman–Crippen MR) is 106 cm³/mol. The number of carbonyl (C=O) groups is 3. The quantitative estimate of drug-likeness (QED) is 0.531. The fourth-order valence-electron chi connectivity index (χ4n) is 2.58. The number of benzene rings is 1. The van der Waals surface area contributed by atoms with Crippen LogP contribution in [-0.4, -0.2) is 62.3 Å². The average molecular weight is 426 g/mol. The van der Waals surface area contributed by atoms with E-state index in [4.69, 9.17) is 4.74 Å². The first-order chi connectivity index (χ1) is 13.7. The third-order valence-electron chi connectivity index (χ3n) is 4.45. The van der Waals surface area contributed by atoms with Gasteiger partial charge in [-0.25, -0.2) is 8.42 Å². The van der Waals surface area contributed by atoms with Gasteiger partial charge < -0.3 is 15.4 Å². The summed E-state index contributed by atoms with van der Waals surface area (Å²) in [4.78, 5) is 35.8. The number of hydrogen-bond acceptors (Lipinski definition) is 6. The van der Waals surface area contributed by atoms with Gasteiger partial charge in [0, 0.05) is 24.7 Å². The van der Waals surface area contributed by atoms with Crippen molar-refractivity contribution < 1.29 is 27.5 Å². The van der Waals surface area contributed by atoms with E-state index in [0.717, 1.165) is 12.8 Å². The molecule has 2 rings (SSSR count). The number of amides is 2. The summed E-state index contributed by atoms with van der Waals surface area (Å²) >= 11 is 0. The van der Waals surface area contributed by atoms with E-state index >= 15 is 0 Å².